The molecule has 2 rings (SSSR count). The largest absolute Gasteiger partial charge is 0.337 e. The summed E-state index contributed by atoms with van der Waals surface area (Å²) in [5.74, 6) is 0.364. The molecule has 1 aromatic carbocycles. The average Bonchev–Trinajstić information content (AvgIpc) is 2.70. The van der Waals surface area contributed by atoms with Gasteiger partial charge in [-0.2, -0.15) is 5.10 Å². The molecule has 2 N–H and O–H groups in total. The van der Waals surface area contributed by atoms with Gasteiger partial charge in [0.1, 0.15) is 11.6 Å². The molecule has 0 radical (unpaired) electrons. The molecule has 0 aliphatic carbocycles. The number of nitrogens with one attached hydrogen (secondary N) is 2. The predicted molar refractivity (Wildman–Crippen MR) is 75.1 cm³/mol. The summed E-state index contributed by atoms with van der Waals surface area (Å²) >= 11 is 0. The van der Waals surface area contributed by atoms with Crippen LogP contribution in [0.1, 0.15) is 11.3 Å². The molecule has 1 heterocycles. The number of carbonyl (C=O) groups excluding carboxylic acids is 1. The van der Waals surface area contributed by atoms with Gasteiger partial charge in [0.15, 0.2) is 0 Å². The second kappa shape index (κ2) is 6.18. The lowest BCUT2D eigenvalue weighted by molar-refractivity contribution is 0.252. The first-order chi connectivity index (χ1) is 9.56. The van der Waals surface area contributed by atoms with Crippen molar-refractivity contribution in [3.05, 3.63) is 47.4 Å². The summed E-state index contributed by atoms with van der Waals surface area (Å²) in [6.45, 7) is 2.21. The van der Waals surface area contributed by atoms with Crippen LogP contribution in [-0.4, -0.2) is 22.4 Å². The number of aryl methyl sites for hydroxylation is 2. The summed E-state index contributed by atoms with van der Waals surface area (Å²) in [5, 5.41) is 9.50. The number of amides is 2. The van der Waals surface area contributed by atoms with E-state index in [9.17, 15) is 9.18 Å². The van der Waals surface area contributed by atoms with E-state index in [1.807, 2.05) is 6.92 Å². The number of halogens is 1. The van der Waals surface area contributed by atoms with Crippen LogP contribution in [0, 0.1) is 12.7 Å². The summed E-state index contributed by atoms with van der Waals surface area (Å²) in [7, 11) is 1.75. The standard InChI is InChI=1S/C14H17FN4O/c1-10-9-13(19(2)18-10)17-14(20)16-8-7-11-5-3-4-6-12(11)15/h3-6,9H,7-8H2,1-2H3,(H2,16,17,20). The fourth-order valence-corrected chi connectivity index (χ4v) is 1.90. The molecule has 0 atom stereocenters. The first kappa shape index (κ1) is 14.0. The number of anilines is 1. The van der Waals surface area contributed by atoms with Gasteiger partial charge in [0.2, 0.25) is 0 Å². The third-order valence-corrected chi connectivity index (χ3v) is 2.88. The number of hydrogen-bond donors (Lipinski definition) is 2. The van der Waals surface area contributed by atoms with Crippen LogP contribution in [0.2, 0.25) is 0 Å². The van der Waals surface area contributed by atoms with Gasteiger partial charge in [-0.05, 0) is 25.0 Å². The van der Waals surface area contributed by atoms with Crippen molar-refractivity contribution >= 4 is 11.8 Å². The Labute approximate surface area is 116 Å². The molecule has 0 saturated carbocycles. The zero-order valence-corrected chi connectivity index (χ0v) is 11.5. The van der Waals surface area contributed by atoms with Crippen molar-refractivity contribution in [2.45, 2.75) is 13.3 Å². The van der Waals surface area contributed by atoms with Crippen LogP contribution < -0.4 is 10.6 Å². The highest BCUT2D eigenvalue weighted by Crippen LogP contribution is 2.08. The van der Waals surface area contributed by atoms with Gasteiger partial charge < -0.3 is 5.32 Å². The molecular formula is C14H17FN4O. The minimum absolute atomic E-state index is 0.253. The summed E-state index contributed by atoms with van der Waals surface area (Å²) in [5.41, 5.74) is 1.42. The molecule has 0 saturated heterocycles. The number of carbonyl (C=O) groups is 1. The topological polar surface area (TPSA) is 59.0 Å². The van der Waals surface area contributed by atoms with Gasteiger partial charge in [-0.1, -0.05) is 18.2 Å². The van der Waals surface area contributed by atoms with E-state index in [1.54, 1.807) is 36.0 Å². The Morgan fingerprint density at radius 2 is 2.15 bits per heavy atom. The van der Waals surface area contributed by atoms with Gasteiger partial charge >= 0.3 is 6.03 Å². The SMILES string of the molecule is Cc1cc(NC(=O)NCCc2ccccc2F)n(C)n1. The molecule has 0 aliphatic heterocycles. The zero-order chi connectivity index (χ0) is 14.5. The van der Waals surface area contributed by atoms with Crippen molar-refractivity contribution in [3.63, 3.8) is 0 Å². The number of benzene rings is 1. The first-order valence-corrected chi connectivity index (χ1v) is 6.35. The van der Waals surface area contributed by atoms with Crippen LogP contribution in [0.3, 0.4) is 0 Å². The minimum atomic E-state index is -0.329. The van der Waals surface area contributed by atoms with Gasteiger partial charge in [0.25, 0.3) is 0 Å². The Balaban J connectivity index is 1.81. The van der Waals surface area contributed by atoms with Crippen molar-refractivity contribution in [1.82, 2.24) is 15.1 Å². The Bertz CT molecular complexity index is 609. The molecular weight excluding hydrogens is 259 g/mol. The van der Waals surface area contributed by atoms with Gasteiger partial charge in [0.05, 0.1) is 5.69 Å². The van der Waals surface area contributed by atoms with Crippen molar-refractivity contribution < 1.29 is 9.18 Å². The Hall–Kier alpha value is -2.37. The second-order valence-electron chi connectivity index (χ2n) is 4.52. The Kier molecular flexibility index (Phi) is 4.34. The molecule has 0 unspecified atom stereocenters. The van der Waals surface area contributed by atoms with Crippen molar-refractivity contribution in [3.8, 4) is 0 Å². The van der Waals surface area contributed by atoms with Crippen molar-refractivity contribution in [2.75, 3.05) is 11.9 Å². The van der Waals surface area contributed by atoms with Gasteiger partial charge in [-0.15, -0.1) is 0 Å². The molecule has 2 aromatic rings. The number of nitrogens with zero attached hydrogens (tertiary/aromatic N) is 2. The maximum Gasteiger partial charge on any atom is 0.320 e. The Morgan fingerprint density at radius 1 is 1.40 bits per heavy atom. The van der Waals surface area contributed by atoms with Crippen LogP contribution in [0.15, 0.2) is 30.3 Å². The van der Waals surface area contributed by atoms with E-state index in [4.69, 9.17) is 0 Å². The molecule has 0 spiro atoms. The lowest BCUT2D eigenvalue weighted by atomic mass is 10.1. The van der Waals surface area contributed by atoms with Crippen LogP contribution in [0.25, 0.3) is 0 Å². The average molecular weight is 276 g/mol. The molecule has 20 heavy (non-hydrogen) atoms. The minimum Gasteiger partial charge on any atom is -0.337 e. The summed E-state index contributed by atoms with van der Waals surface area (Å²) in [4.78, 5) is 11.7. The highest BCUT2D eigenvalue weighted by Gasteiger charge is 2.07. The summed E-state index contributed by atoms with van der Waals surface area (Å²) < 4.78 is 15.0. The summed E-state index contributed by atoms with van der Waals surface area (Å²) in [6, 6.07) is 7.98. The molecule has 0 fully saturated rings. The van der Waals surface area contributed by atoms with Gasteiger partial charge in [0, 0.05) is 19.7 Å². The number of hydrogen-bond acceptors (Lipinski definition) is 2. The highest BCUT2D eigenvalue weighted by molar-refractivity contribution is 5.88. The predicted octanol–water partition coefficient (Wildman–Crippen LogP) is 2.23. The van der Waals surface area contributed by atoms with Crippen LogP contribution in [-0.2, 0) is 13.5 Å². The fourth-order valence-electron chi connectivity index (χ4n) is 1.90. The maximum atomic E-state index is 13.4. The normalized spacial score (nSPS) is 10.3. The van der Waals surface area contributed by atoms with Crippen molar-refractivity contribution in [2.24, 2.45) is 7.05 Å². The monoisotopic (exact) mass is 276 g/mol. The van der Waals surface area contributed by atoms with Crippen LogP contribution in [0.5, 0.6) is 0 Å². The van der Waals surface area contributed by atoms with E-state index < -0.39 is 0 Å². The molecule has 2 amide bonds. The highest BCUT2D eigenvalue weighted by atomic mass is 19.1. The van der Waals surface area contributed by atoms with Gasteiger partial charge in [-0.25, -0.2) is 9.18 Å². The molecule has 1 aromatic heterocycles. The third kappa shape index (κ3) is 3.57. The van der Waals surface area contributed by atoms with Crippen molar-refractivity contribution in [1.29, 1.82) is 0 Å². The van der Waals surface area contributed by atoms with E-state index in [-0.39, 0.29) is 11.8 Å². The number of rotatable bonds is 4. The second-order valence-corrected chi connectivity index (χ2v) is 4.52. The molecule has 0 aliphatic rings. The molecule has 6 heteroatoms. The lowest BCUT2D eigenvalue weighted by Crippen LogP contribution is -2.31. The Morgan fingerprint density at radius 3 is 2.80 bits per heavy atom. The van der Waals surface area contributed by atoms with Crippen LogP contribution in [0.4, 0.5) is 15.0 Å². The van der Waals surface area contributed by atoms with E-state index in [0.29, 0.717) is 24.3 Å². The zero-order valence-electron chi connectivity index (χ0n) is 11.5. The smallest absolute Gasteiger partial charge is 0.320 e. The third-order valence-electron chi connectivity index (χ3n) is 2.88. The summed E-state index contributed by atoms with van der Waals surface area (Å²) in [6.07, 6.45) is 0.449. The van der Waals surface area contributed by atoms with E-state index >= 15 is 0 Å². The first-order valence-electron chi connectivity index (χ1n) is 6.35. The maximum absolute atomic E-state index is 13.4. The van der Waals surface area contributed by atoms with E-state index in [0.717, 1.165) is 5.69 Å². The number of urea groups is 1. The van der Waals surface area contributed by atoms with Gasteiger partial charge in [-0.3, -0.25) is 10.00 Å². The fraction of sp³-hybridized carbons (Fsp3) is 0.286. The molecule has 106 valence electrons. The van der Waals surface area contributed by atoms with E-state index in [1.165, 1.54) is 6.07 Å². The quantitative estimate of drug-likeness (QED) is 0.899. The molecule has 5 nitrogen and oxygen atoms in total. The number of aromatic nitrogens is 2. The van der Waals surface area contributed by atoms with E-state index in [2.05, 4.69) is 15.7 Å². The lowest BCUT2D eigenvalue weighted by Gasteiger charge is -2.08. The van der Waals surface area contributed by atoms with Crippen LogP contribution >= 0.6 is 0 Å². The molecule has 0 bridgehead atoms.